The molecule has 0 heterocycles. The lowest BCUT2D eigenvalue weighted by atomic mass is 10.1. The number of nitrogens with one attached hydrogen (secondary N) is 1. The van der Waals surface area contributed by atoms with Crippen molar-refractivity contribution in [3.63, 3.8) is 0 Å². The molecule has 14 heavy (non-hydrogen) atoms. The van der Waals surface area contributed by atoms with Gasteiger partial charge in [-0.2, -0.15) is 0 Å². The molecule has 1 saturated carbocycles. The average molecular weight is 220 g/mol. The van der Waals surface area contributed by atoms with E-state index in [0.29, 0.717) is 18.4 Å². The molecule has 3 unspecified atom stereocenters. The molecule has 1 rings (SSSR count). The van der Waals surface area contributed by atoms with Crippen LogP contribution in [0.15, 0.2) is 0 Å². The number of hydrazine groups is 1. The van der Waals surface area contributed by atoms with Crippen molar-refractivity contribution in [2.75, 3.05) is 12.0 Å². The van der Waals surface area contributed by atoms with Crippen molar-refractivity contribution in [3.05, 3.63) is 0 Å². The molecule has 84 valence electrons. The summed E-state index contributed by atoms with van der Waals surface area (Å²) in [5.74, 6) is 7.09. The largest absolute Gasteiger partial charge is 0.271 e. The Labute approximate surface area is 86.1 Å². The number of rotatable bonds is 6. The van der Waals surface area contributed by atoms with Gasteiger partial charge in [-0.15, -0.1) is 0 Å². The van der Waals surface area contributed by atoms with E-state index in [1.165, 1.54) is 12.7 Å². The third-order valence-corrected chi connectivity index (χ3v) is 3.96. The highest BCUT2D eigenvalue weighted by molar-refractivity contribution is 7.90. The summed E-state index contributed by atoms with van der Waals surface area (Å²) in [6.45, 7) is 2.20. The van der Waals surface area contributed by atoms with Gasteiger partial charge in [0.25, 0.3) is 0 Å². The summed E-state index contributed by atoms with van der Waals surface area (Å²) < 4.78 is 21.8. The Hall–Kier alpha value is -0.130. The second kappa shape index (κ2) is 4.59. The van der Waals surface area contributed by atoms with Crippen molar-refractivity contribution in [1.82, 2.24) is 5.43 Å². The highest BCUT2D eigenvalue weighted by Gasteiger charge is 2.38. The molecule has 5 heteroatoms. The van der Waals surface area contributed by atoms with Crippen molar-refractivity contribution in [3.8, 4) is 0 Å². The molecule has 0 aromatic rings. The van der Waals surface area contributed by atoms with Gasteiger partial charge in [0.05, 0.1) is 0 Å². The molecule has 0 aromatic heterocycles. The molecule has 0 radical (unpaired) electrons. The lowest BCUT2D eigenvalue weighted by Crippen LogP contribution is -2.37. The van der Waals surface area contributed by atoms with E-state index in [1.807, 2.05) is 0 Å². The first-order chi connectivity index (χ1) is 6.44. The van der Waals surface area contributed by atoms with E-state index >= 15 is 0 Å². The van der Waals surface area contributed by atoms with Gasteiger partial charge in [0.15, 0.2) is 0 Å². The van der Waals surface area contributed by atoms with Crippen LogP contribution in [0, 0.1) is 11.8 Å². The summed E-state index contributed by atoms with van der Waals surface area (Å²) in [6.07, 6.45) is 4.06. The van der Waals surface area contributed by atoms with Crippen LogP contribution in [0.2, 0.25) is 0 Å². The van der Waals surface area contributed by atoms with Crippen LogP contribution in [0.25, 0.3) is 0 Å². The van der Waals surface area contributed by atoms with Crippen molar-refractivity contribution in [1.29, 1.82) is 0 Å². The normalized spacial score (nSPS) is 28.8. The number of nitrogens with two attached hydrogens (primary N) is 1. The van der Waals surface area contributed by atoms with Crippen molar-refractivity contribution in [2.24, 2.45) is 17.7 Å². The summed E-state index contributed by atoms with van der Waals surface area (Å²) >= 11 is 0. The lowest BCUT2D eigenvalue weighted by Gasteiger charge is -2.14. The minimum absolute atomic E-state index is 0.270. The first-order valence-corrected chi connectivity index (χ1v) is 7.14. The molecular formula is C9H20N2O2S. The smallest absolute Gasteiger partial charge is 0.147 e. The van der Waals surface area contributed by atoms with Gasteiger partial charge in [-0.3, -0.25) is 11.3 Å². The van der Waals surface area contributed by atoms with Crippen molar-refractivity contribution < 1.29 is 8.42 Å². The molecule has 1 fully saturated rings. The summed E-state index contributed by atoms with van der Waals surface area (Å²) in [7, 11) is -2.82. The van der Waals surface area contributed by atoms with Crippen LogP contribution in [-0.2, 0) is 9.84 Å². The molecule has 3 atom stereocenters. The first-order valence-electron chi connectivity index (χ1n) is 5.08. The van der Waals surface area contributed by atoms with Gasteiger partial charge in [0, 0.05) is 18.1 Å². The zero-order chi connectivity index (χ0) is 10.8. The van der Waals surface area contributed by atoms with E-state index in [0.717, 1.165) is 12.3 Å². The van der Waals surface area contributed by atoms with E-state index in [4.69, 9.17) is 5.84 Å². The quantitative estimate of drug-likeness (QED) is 0.499. The van der Waals surface area contributed by atoms with E-state index in [2.05, 4.69) is 12.3 Å². The number of sulfone groups is 1. The molecule has 0 bridgehead atoms. The van der Waals surface area contributed by atoms with Crippen LogP contribution >= 0.6 is 0 Å². The van der Waals surface area contributed by atoms with Crippen LogP contribution in [-0.4, -0.2) is 26.5 Å². The zero-order valence-electron chi connectivity index (χ0n) is 8.86. The zero-order valence-corrected chi connectivity index (χ0v) is 9.68. The standard InChI is InChI=1S/C9H20N2O2S/c1-7-6-8(7)9(11-10)4-3-5-14(2,12)13/h7-9,11H,3-6,10H2,1-2H3. The monoisotopic (exact) mass is 220 g/mol. The fourth-order valence-electron chi connectivity index (χ4n) is 1.90. The van der Waals surface area contributed by atoms with Gasteiger partial charge < -0.3 is 0 Å². The Morgan fingerprint density at radius 3 is 2.50 bits per heavy atom. The molecule has 4 nitrogen and oxygen atoms in total. The molecule has 0 amide bonds. The fourth-order valence-corrected chi connectivity index (χ4v) is 2.59. The average Bonchev–Trinajstić information content (AvgIpc) is 2.74. The fraction of sp³-hybridized carbons (Fsp3) is 1.00. The highest BCUT2D eigenvalue weighted by atomic mass is 32.2. The van der Waals surface area contributed by atoms with Gasteiger partial charge in [-0.25, -0.2) is 8.42 Å². The summed E-state index contributed by atoms with van der Waals surface area (Å²) in [6, 6.07) is 0.298. The maximum absolute atomic E-state index is 10.9. The van der Waals surface area contributed by atoms with Gasteiger partial charge in [-0.05, 0) is 31.1 Å². The third-order valence-electron chi connectivity index (χ3n) is 2.93. The SMILES string of the molecule is CC1CC1C(CCCS(C)(=O)=O)NN. The van der Waals surface area contributed by atoms with Gasteiger partial charge in [0.1, 0.15) is 9.84 Å². The van der Waals surface area contributed by atoms with Gasteiger partial charge in [0.2, 0.25) is 0 Å². The van der Waals surface area contributed by atoms with Crippen molar-refractivity contribution in [2.45, 2.75) is 32.2 Å². The molecule has 0 aromatic carbocycles. The van der Waals surface area contributed by atoms with E-state index in [-0.39, 0.29) is 5.75 Å². The highest BCUT2D eigenvalue weighted by Crippen LogP contribution is 2.41. The van der Waals surface area contributed by atoms with Crippen LogP contribution in [0.3, 0.4) is 0 Å². The maximum atomic E-state index is 10.9. The topological polar surface area (TPSA) is 72.2 Å². The molecule has 1 aliphatic rings. The van der Waals surface area contributed by atoms with E-state index in [9.17, 15) is 8.42 Å². The Morgan fingerprint density at radius 1 is 1.57 bits per heavy atom. The minimum Gasteiger partial charge on any atom is -0.271 e. The van der Waals surface area contributed by atoms with Crippen LogP contribution in [0.5, 0.6) is 0 Å². The van der Waals surface area contributed by atoms with E-state index in [1.54, 1.807) is 0 Å². The molecular weight excluding hydrogens is 200 g/mol. The maximum Gasteiger partial charge on any atom is 0.147 e. The van der Waals surface area contributed by atoms with Crippen LogP contribution in [0.4, 0.5) is 0 Å². The Morgan fingerprint density at radius 2 is 2.14 bits per heavy atom. The summed E-state index contributed by atoms with van der Waals surface area (Å²) in [5.41, 5.74) is 2.79. The van der Waals surface area contributed by atoms with Gasteiger partial charge in [-0.1, -0.05) is 6.92 Å². The summed E-state index contributed by atoms with van der Waals surface area (Å²) in [5, 5.41) is 0. The molecule has 0 saturated heterocycles. The molecule has 0 aliphatic heterocycles. The summed E-state index contributed by atoms with van der Waals surface area (Å²) in [4.78, 5) is 0. The number of hydrogen-bond acceptors (Lipinski definition) is 4. The molecule has 3 N–H and O–H groups in total. The minimum atomic E-state index is -2.82. The predicted molar refractivity (Wildman–Crippen MR) is 57.3 cm³/mol. The van der Waals surface area contributed by atoms with E-state index < -0.39 is 9.84 Å². The predicted octanol–water partition coefficient (Wildman–Crippen LogP) is 0.299. The lowest BCUT2D eigenvalue weighted by molar-refractivity contribution is 0.425. The first kappa shape index (κ1) is 11.9. The van der Waals surface area contributed by atoms with Gasteiger partial charge >= 0.3 is 0 Å². The number of hydrogen-bond donors (Lipinski definition) is 2. The Kier molecular flexibility index (Phi) is 3.92. The van der Waals surface area contributed by atoms with Crippen LogP contribution in [0.1, 0.15) is 26.2 Å². The Balaban J connectivity index is 2.22. The molecule has 0 spiro atoms. The van der Waals surface area contributed by atoms with Crippen molar-refractivity contribution >= 4 is 9.84 Å². The third kappa shape index (κ3) is 3.94. The second-order valence-corrected chi connectivity index (χ2v) is 6.68. The Bertz CT molecular complexity index is 277. The molecule has 1 aliphatic carbocycles. The second-order valence-electron chi connectivity index (χ2n) is 4.42. The van der Waals surface area contributed by atoms with Crippen LogP contribution < -0.4 is 11.3 Å².